The maximum Gasteiger partial charge on any atom is 0.269 e. The Morgan fingerprint density at radius 1 is 1.33 bits per heavy atom. The van der Waals surface area contributed by atoms with Crippen molar-refractivity contribution in [1.29, 1.82) is 0 Å². The highest BCUT2D eigenvalue weighted by molar-refractivity contribution is 9.10. The number of benzene rings is 1. The second kappa shape index (κ2) is 4.73. The zero-order valence-corrected chi connectivity index (χ0v) is 11.1. The fraction of sp³-hybridized carbons (Fsp3) is 0.0833. The van der Waals surface area contributed by atoms with Crippen molar-refractivity contribution in [2.75, 3.05) is 0 Å². The van der Waals surface area contributed by atoms with E-state index < -0.39 is 5.91 Å². The third kappa shape index (κ3) is 2.33. The maximum absolute atomic E-state index is 11.3. The van der Waals surface area contributed by atoms with Gasteiger partial charge in [-0.05, 0) is 47.1 Å². The third-order valence-corrected chi connectivity index (χ3v) is 3.09. The molecule has 0 atom stereocenters. The molecule has 1 amide bonds. The van der Waals surface area contributed by atoms with Crippen LogP contribution in [0.25, 0.3) is 5.69 Å². The molecule has 0 aliphatic rings. The van der Waals surface area contributed by atoms with Crippen LogP contribution in [-0.4, -0.2) is 21.5 Å². The number of nitrogens with two attached hydrogens (primary N) is 1. The lowest BCUT2D eigenvalue weighted by atomic mass is 10.1. The van der Waals surface area contributed by atoms with Crippen LogP contribution in [0.3, 0.4) is 0 Å². The van der Waals surface area contributed by atoms with Crippen LogP contribution in [0.5, 0.6) is 0 Å². The molecule has 6 heteroatoms. The van der Waals surface area contributed by atoms with Gasteiger partial charge in [-0.1, -0.05) is 0 Å². The van der Waals surface area contributed by atoms with Gasteiger partial charge in [-0.2, -0.15) is 5.10 Å². The lowest BCUT2D eigenvalue weighted by molar-refractivity contribution is 0.0992. The number of rotatable bonds is 3. The molecule has 0 unspecified atom stereocenters. The number of halogens is 1. The minimum absolute atomic E-state index is 0.0216. The molecule has 1 heterocycles. The molecule has 2 N–H and O–H groups in total. The monoisotopic (exact) mass is 307 g/mol. The van der Waals surface area contributed by atoms with E-state index in [2.05, 4.69) is 21.0 Å². The molecule has 92 valence electrons. The van der Waals surface area contributed by atoms with Gasteiger partial charge in [0.15, 0.2) is 5.78 Å². The molecule has 18 heavy (non-hydrogen) atoms. The lowest BCUT2D eigenvalue weighted by Crippen LogP contribution is -2.12. The van der Waals surface area contributed by atoms with Gasteiger partial charge in [0.05, 0.1) is 5.69 Å². The summed E-state index contributed by atoms with van der Waals surface area (Å²) in [4.78, 5) is 22.2. The summed E-state index contributed by atoms with van der Waals surface area (Å²) in [5.41, 5.74) is 6.66. The van der Waals surface area contributed by atoms with Crippen molar-refractivity contribution in [3.8, 4) is 5.69 Å². The summed E-state index contributed by atoms with van der Waals surface area (Å²) in [7, 11) is 0. The Hall–Kier alpha value is -1.95. The number of aromatic nitrogens is 2. The number of hydrogen-bond donors (Lipinski definition) is 1. The smallest absolute Gasteiger partial charge is 0.269 e. The minimum atomic E-state index is -0.576. The van der Waals surface area contributed by atoms with E-state index in [-0.39, 0.29) is 11.5 Å². The van der Waals surface area contributed by atoms with Crippen LogP contribution < -0.4 is 5.73 Å². The summed E-state index contributed by atoms with van der Waals surface area (Å²) >= 11 is 3.33. The normalized spacial score (nSPS) is 10.3. The topological polar surface area (TPSA) is 78.0 Å². The molecule has 1 aromatic carbocycles. The quantitative estimate of drug-likeness (QED) is 0.880. The summed E-state index contributed by atoms with van der Waals surface area (Å²) < 4.78 is 2.21. The van der Waals surface area contributed by atoms with Crippen LogP contribution in [0.15, 0.2) is 34.9 Å². The first-order valence-corrected chi connectivity index (χ1v) is 5.94. The fourth-order valence-electron chi connectivity index (χ4n) is 1.53. The molecule has 0 saturated carbocycles. The average molecular weight is 308 g/mol. The van der Waals surface area contributed by atoms with Crippen molar-refractivity contribution in [2.24, 2.45) is 5.73 Å². The zero-order chi connectivity index (χ0) is 13.3. The van der Waals surface area contributed by atoms with E-state index in [0.717, 1.165) is 5.69 Å². The van der Waals surface area contributed by atoms with Gasteiger partial charge >= 0.3 is 0 Å². The number of hydrogen-bond acceptors (Lipinski definition) is 3. The Balaban J connectivity index is 2.42. The third-order valence-electron chi connectivity index (χ3n) is 2.44. The van der Waals surface area contributed by atoms with Crippen molar-refractivity contribution in [3.63, 3.8) is 0 Å². The van der Waals surface area contributed by atoms with Gasteiger partial charge in [0, 0.05) is 16.2 Å². The van der Waals surface area contributed by atoms with Crippen LogP contribution >= 0.6 is 15.9 Å². The van der Waals surface area contributed by atoms with E-state index in [1.807, 2.05) is 0 Å². The predicted octanol–water partition coefficient (Wildman–Crippen LogP) is 1.94. The second-order valence-corrected chi connectivity index (χ2v) is 4.58. The van der Waals surface area contributed by atoms with Crippen molar-refractivity contribution in [3.05, 3.63) is 46.2 Å². The predicted molar refractivity (Wildman–Crippen MR) is 69.8 cm³/mol. The average Bonchev–Trinajstić information content (AvgIpc) is 2.77. The van der Waals surface area contributed by atoms with E-state index in [0.29, 0.717) is 10.0 Å². The van der Waals surface area contributed by atoms with E-state index >= 15 is 0 Å². The van der Waals surface area contributed by atoms with Gasteiger partial charge in [-0.3, -0.25) is 9.59 Å². The van der Waals surface area contributed by atoms with Crippen LogP contribution in [0.1, 0.15) is 27.8 Å². The largest absolute Gasteiger partial charge is 0.364 e. The van der Waals surface area contributed by atoms with Gasteiger partial charge in [-0.15, -0.1) is 0 Å². The van der Waals surface area contributed by atoms with Crippen molar-refractivity contribution < 1.29 is 9.59 Å². The maximum atomic E-state index is 11.3. The van der Waals surface area contributed by atoms with E-state index in [1.165, 1.54) is 17.7 Å². The Bertz CT molecular complexity index is 634. The van der Waals surface area contributed by atoms with Gasteiger partial charge in [0.25, 0.3) is 5.91 Å². The van der Waals surface area contributed by atoms with Gasteiger partial charge in [0.1, 0.15) is 5.69 Å². The van der Waals surface area contributed by atoms with E-state index in [4.69, 9.17) is 5.73 Å². The summed E-state index contributed by atoms with van der Waals surface area (Å²) in [6.45, 7) is 1.50. The SMILES string of the molecule is CC(=O)c1ccc(-n2ccc(C(N)=O)n2)cc1Br. The van der Waals surface area contributed by atoms with Gasteiger partial charge < -0.3 is 5.73 Å². The first-order chi connectivity index (χ1) is 8.49. The van der Waals surface area contributed by atoms with Crippen LogP contribution in [-0.2, 0) is 0 Å². The highest BCUT2D eigenvalue weighted by Crippen LogP contribution is 2.21. The highest BCUT2D eigenvalue weighted by Gasteiger charge is 2.09. The molecule has 2 aromatic rings. The molecule has 5 nitrogen and oxygen atoms in total. The Labute approximate surface area is 112 Å². The van der Waals surface area contributed by atoms with Crippen molar-refractivity contribution >= 4 is 27.6 Å². The summed E-state index contributed by atoms with van der Waals surface area (Å²) in [5, 5.41) is 4.03. The molecule has 0 aliphatic heterocycles. The summed E-state index contributed by atoms with van der Waals surface area (Å²) in [6.07, 6.45) is 1.63. The summed E-state index contributed by atoms with van der Waals surface area (Å²) in [5.74, 6) is -0.597. The number of ketones is 1. The highest BCUT2D eigenvalue weighted by atomic mass is 79.9. The molecular formula is C12H10BrN3O2. The molecule has 2 rings (SSSR count). The molecule has 0 bridgehead atoms. The zero-order valence-electron chi connectivity index (χ0n) is 9.55. The molecule has 0 radical (unpaired) electrons. The first-order valence-electron chi connectivity index (χ1n) is 5.15. The Kier molecular flexibility index (Phi) is 3.29. The molecular weight excluding hydrogens is 298 g/mol. The van der Waals surface area contributed by atoms with Crippen LogP contribution in [0.4, 0.5) is 0 Å². The number of carbonyl (C=O) groups excluding carboxylic acids is 2. The minimum Gasteiger partial charge on any atom is -0.364 e. The lowest BCUT2D eigenvalue weighted by Gasteiger charge is -2.05. The number of carbonyl (C=O) groups is 2. The first kappa shape index (κ1) is 12.5. The van der Waals surface area contributed by atoms with E-state index in [1.54, 1.807) is 24.4 Å². The van der Waals surface area contributed by atoms with Gasteiger partial charge in [-0.25, -0.2) is 4.68 Å². The van der Waals surface area contributed by atoms with E-state index in [9.17, 15) is 9.59 Å². The number of nitrogens with zero attached hydrogens (tertiary/aromatic N) is 2. The number of primary amides is 1. The van der Waals surface area contributed by atoms with Crippen LogP contribution in [0.2, 0.25) is 0 Å². The van der Waals surface area contributed by atoms with Crippen molar-refractivity contribution in [1.82, 2.24) is 9.78 Å². The molecule has 0 aliphatic carbocycles. The Morgan fingerprint density at radius 3 is 2.56 bits per heavy atom. The van der Waals surface area contributed by atoms with Crippen LogP contribution in [0, 0.1) is 0 Å². The molecule has 1 aromatic heterocycles. The van der Waals surface area contributed by atoms with Gasteiger partial charge in [0.2, 0.25) is 0 Å². The second-order valence-electron chi connectivity index (χ2n) is 3.73. The summed E-state index contributed by atoms with van der Waals surface area (Å²) in [6, 6.07) is 6.75. The van der Waals surface area contributed by atoms with Crippen molar-refractivity contribution in [2.45, 2.75) is 6.92 Å². The standard InChI is InChI=1S/C12H10BrN3O2/c1-7(17)9-3-2-8(6-10(9)13)16-5-4-11(15-16)12(14)18/h2-6H,1H3,(H2,14,18). The molecule has 0 fully saturated rings. The number of amides is 1. The molecule has 0 saturated heterocycles. The Morgan fingerprint density at radius 2 is 2.06 bits per heavy atom. The number of Topliss-reactive ketones (excluding diaryl/α,β-unsaturated/α-hetero) is 1. The molecule has 0 spiro atoms. The fourth-order valence-corrected chi connectivity index (χ4v) is 2.18.